The van der Waals surface area contributed by atoms with Crippen LogP contribution in [-0.4, -0.2) is 28.7 Å². The van der Waals surface area contributed by atoms with E-state index in [9.17, 15) is 4.79 Å². The molecule has 5 nitrogen and oxygen atoms in total. The number of aromatic nitrogens is 2. The Bertz CT molecular complexity index is 862. The van der Waals surface area contributed by atoms with Crippen LogP contribution in [0.2, 0.25) is 0 Å². The molecule has 0 atom stereocenters. The van der Waals surface area contributed by atoms with Crippen molar-refractivity contribution in [3.8, 4) is 5.75 Å². The number of nitrogens with one attached hydrogen (secondary N) is 1. The van der Waals surface area contributed by atoms with Gasteiger partial charge >= 0.3 is 0 Å². The highest BCUT2D eigenvalue weighted by molar-refractivity contribution is 8.00. The van der Waals surface area contributed by atoms with E-state index in [0.717, 1.165) is 33.0 Å². The second-order valence-electron chi connectivity index (χ2n) is 5.38. The monoisotopic (exact) mass is 373 g/mol. The van der Waals surface area contributed by atoms with Gasteiger partial charge in [0, 0.05) is 16.8 Å². The van der Waals surface area contributed by atoms with Gasteiger partial charge in [-0.25, -0.2) is 9.97 Å². The number of fused-ring (bicyclic) bond motifs is 1. The number of nitrogens with zero attached hydrogens (tertiary/aromatic N) is 2. The first-order chi connectivity index (χ1) is 12.2. The van der Waals surface area contributed by atoms with E-state index in [1.807, 2.05) is 24.3 Å². The molecule has 0 aliphatic heterocycles. The molecule has 0 saturated carbocycles. The summed E-state index contributed by atoms with van der Waals surface area (Å²) in [6, 6.07) is 9.78. The van der Waals surface area contributed by atoms with E-state index in [0.29, 0.717) is 12.3 Å². The smallest absolute Gasteiger partial charge is 0.230 e. The largest absolute Gasteiger partial charge is 0.497 e. The van der Waals surface area contributed by atoms with Gasteiger partial charge in [0.25, 0.3) is 0 Å². The van der Waals surface area contributed by atoms with Gasteiger partial charge in [-0.15, -0.1) is 11.3 Å². The predicted octanol–water partition coefficient (Wildman–Crippen LogP) is 3.67. The lowest BCUT2D eigenvalue weighted by Gasteiger charge is -2.06. The molecule has 25 heavy (non-hydrogen) atoms. The minimum Gasteiger partial charge on any atom is -0.497 e. The number of ether oxygens (including phenoxy) is 1. The van der Waals surface area contributed by atoms with Crippen LogP contribution in [0.1, 0.15) is 17.4 Å². The van der Waals surface area contributed by atoms with Crippen LogP contribution in [0.15, 0.2) is 41.7 Å². The Morgan fingerprint density at radius 3 is 2.80 bits per heavy atom. The van der Waals surface area contributed by atoms with Crippen LogP contribution in [0.5, 0.6) is 5.75 Å². The van der Waals surface area contributed by atoms with Gasteiger partial charge < -0.3 is 10.1 Å². The molecule has 2 aromatic heterocycles. The standard InChI is InChI=1S/C18H19N3O2S2/c1-3-14-8-15-17(20-11-21-18(15)25-14)24-10-16(22)19-9-12-4-6-13(23-2)7-5-12/h4-8,11H,3,9-10H2,1-2H3,(H,19,22). The number of hydrogen-bond acceptors (Lipinski definition) is 6. The summed E-state index contributed by atoms with van der Waals surface area (Å²) >= 11 is 3.13. The molecule has 2 heterocycles. The van der Waals surface area contributed by atoms with Crippen molar-refractivity contribution in [2.45, 2.75) is 24.9 Å². The van der Waals surface area contributed by atoms with Gasteiger partial charge in [-0.1, -0.05) is 30.8 Å². The van der Waals surface area contributed by atoms with Crippen molar-refractivity contribution in [1.82, 2.24) is 15.3 Å². The highest BCUT2D eigenvalue weighted by atomic mass is 32.2. The lowest BCUT2D eigenvalue weighted by Crippen LogP contribution is -2.24. The van der Waals surface area contributed by atoms with E-state index in [1.165, 1.54) is 16.6 Å². The first kappa shape index (κ1) is 17.7. The zero-order chi connectivity index (χ0) is 17.6. The van der Waals surface area contributed by atoms with Crippen molar-refractivity contribution < 1.29 is 9.53 Å². The normalized spacial score (nSPS) is 10.8. The van der Waals surface area contributed by atoms with E-state index >= 15 is 0 Å². The van der Waals surface area contributed by atoms with E-state index < -0.39 is 0 Å². The highest BCUT2D eigenvalue weighted by Gasteiger charge is 2.10. The summed E-state index contributed by atoms with van der Waals surface area (Å²) < 4.78 is 5.13. The van der Waals surface area contributed by atoms with Gasteiger partial charge in [0.1, 0.15) is 21.9 Å². The molecule has 1 N–H and O–H groups in total. The number of benzene rings is 1. The summed E-state index contributed by atoms with van der Waals surface area (Å²) in [6.45, 7) is 2.62. The van der Waals surface area contributed by atoms with E-state index in [4.69, 9.17) is 4.74 Å². The van der Waals surface area contributed by atoms with Gasteiger partial charge in [0.15, 0.2) is 0 Å². The SMILES string of the molecule is CCc1cc2c(SCC(=O)NCc3ccc(OC)cc3)ncnc2s1. The summed E-state index contributed by atoms with van der Waals surface area (Å²) in [5.74, 6) is 1.12. The van der Waals surface area contributed by atoms with Gasteiger partial charge in [0.2, 0.25) is 5.91 Å². The number of amides is 1. The number of rotatable bonds is 7. The quantitative estimate of drug-likeness (QED) is 0.506. The van der Waals surface area contributed by atoms with Crippen LogP contribution < -0.4 is 10.1 Å². The molecule has 0 unspecified atom stereocenters. The molecule has 1 amide bonds. The molecule has 130 valence electrons. The van der Waals surface area contributed by atoms with Crippen molar-refractivity contribution in [3.63, 3.8) is 0 Å². The number of carbonyl (C=O) groups is 1. The first-order valence-electron chi connectivity index (χ1n) is 7.95. The van der Waals surface area contributed by atoms with Crippen molar-refractivity contribution in [3.05, 3.63) is 47.1 Å². The van der Waals surface area contributed by atoms with Gasteiger partial charge in [-0.2, -0.15) is 0 Å². The maximum absolute atomic E-state index is 12.1. The number of thioether (sulfide) groups is 1. The number of carbonyl (C=O) groups excluding carboxylic acids is 1. The van der Waals surface area contributed by atoms with Crippen LogP contribution in [-0.2, 0) is 17.8 Å². The average Bonchev–Trinajstić information content (AvgIpc) is 3.09. The Balaban J connectivity index is 1.56. The fourth-order valence-corrected chi connectivity index (χ4v) is 4.10. The molecule has 1 aromatic carbocycles. The predicted molar refractivity (Wildman–Crippen MR) is 102 cm³/mol. The third-order valence-electron chi connectivity index (χ3n) is 3.68. The van der Waals surface area contributed by atoms with Crippen molar-refractivity contribution in [1.29, 1.82) is 0 Å². The highest BCUT2D eigenvalue weighted by Crippen LogP contribution is 2.30. The third-order valence-corrected chi connectivity index (χ3v) is 5.87. The summed E-state index contributed by atoms with van der Waals surface area (Å²) in [7, 11) is 1.63. The molecule has 0 fully saturated rings. The number of thiophene rings is 1. The van der Waals surface area contributed by atoms with Crippen LogP contribution in [0.25, 0.3) is 10.2 Å². The number of hydrogen-bond donors (Lipinski definition) is 1. The molecule has 0 spiro atoms. The summed E-state index contributed by atoms with van der Waals surface area (Å²) in [4.78, 5) is 23.0. The molecule has 7 heteroatoms. The fraction of sp³-hybridized carbons (Fsp3) is 0.278. The molecule has 0 aliphatic carbocycles. The third kappa shape index (κ3) is 4.49. The minimum atomic E-state index is -0.0153. The average molecular weight is 374 g/mol. The topological polar surface area (TPSA) is 64.1 Å². The van der Waals surface area contributed by atoms with Crippen LogP contribution in [0, 0.1) is 0 Å². The summed E-state index contributed by atoms with van der Waals surface area (Å²) in [5, 5.41) is 4.83. The molecular weight excluding hydrogens is 354 g/mol. The lowest BCUT2D eigenvalue weighted by molar-refractivity contribution is -0.118. The maximum atomic E-state index is 12.1. The number of methoxy groups -OCH3 is 1. The minimum absolute atomic E-state index is 0.0153. The van der Waals surface area contributed by atoms with Crippen LogP contribution >= 0.6 is 23.1 Å². The Labute approximate surface area is 154 Å². The summed E-state index contributed by atoms with van der Waals surface area (Å²) in [5.41, 5.74) is 1.04. The lowest BCUT2D eigenvalue weighted by atomic mass is 10.2. The Morgan fingerprint density at radius 1 is 1.28 bits per heavy atom. The van der Waals surface area contributed by atoms with E-state index in [-0.39, 0.29) is 5.91 Å². The van der Waals surface area contributed by atoms with Gasteiger partial charge in [0.05, 0.1) is 12.9 Å². The van der Waals surface area contributed by atoms with Crippen molar-refractivity contribution >= 4 is 39.2 Å². The molecule has 3 aromatic rings. The number of aryl methyl sites for hydroxylation is 1. The molecule has 0 aliphatic rings. The van der Waals surface area contributed by atoms with E-state index in [2.05, 4.69) is 28.3 Å². The van der Waals surface area contributed by atoms with Gasteiger partial charge in [-0.05, 0) is 30.2 Å². The first-order valence-corrected chi connectivity index (χ1v) is 9.75. The van der Waals surface area contributed by atoms with Gasteiger partial charge in [-0.3, -0.25) is 4.79 Å². The summed E-state index contributed by atoms with van der Waals surface area (Å²) in [6.07, 6.45) is 2.54. The molecule has 0 saturated heterocycles. The zero-order valence-electron chi connectivity index (χ0n) is 14.1. The Hall–Kier alpha value is -2.12. The van der Waals surface area contributed by atoms with Crippen molar-refractivity contribution in [2.24, 2.45) is 0 Å². The zero-order valence-corrected chi connectivity index (χ0v) is 15.7. The van der Waals surface area contributed by atoms with Crippen LogP contribution in [0.3, 0.4) is 0 Å². The van der Waals surface area contributed by atoms with Crippen molar-refractivity contribution in [2.75, 3.05) is 12.9 Å². The fourth-order valence-electron chi connectivity index (χ4n) is 2.30. The molecule has 3 rings (SSSR count). The van der Waals surface area contributed by atoms with Crippen LogP contribution in [0.4, 0.5) is 0 Å². The molecule has 0 radical (unpaired) electrons. The second-order valence-corrected chi connectivity index (χ2v) is 7.46. The Morgan fingerprint density at radius 2 is 2.08 bits per heavy atom. The Kier molecular flexibility index (Phi) is 5.88. The molecular formula is C18H19N3O2S2. The molecule has 0 bridgehead atoms. The maximum Gasteiger partial charge on any atom is 0.230 e. The second kappa shape index (κ2) is 8.31. The van der Waals surface area contributed by atoms with E-state index in [1.54, 1.807) is 24.8 Å².